The number of rotatable bonds is 3. The molecule has 0 unspecified atom stereocenters. The van der Waals surface area contributed by atoms with Crippen LogP contribution < -0.4 is 0 Å². The minimum Gasteiger partial charge on any atom is -0.396 e. The molecule has 0 saturated carbocycles. The van der Waals surface area contributed by atoms with E-state index in [4.69, 9.17) is 5.11 Å². The van der Waals surface area contributed by atoms with Crippen LogP contribution in [0.2, 0.25) is 0 Å². The van der Waals surface area contributed by atoms with Gasteiger partial charge >= 0.3 is 0 Å². The van der Waals surface area contributed by atoms with Gasteiger partial charge in [-0.25, -0.2) is 0 Å². The first-order valence-electron chi connectivity index (χ1n) is 3.31. The van der Waals surface area contributed by atoms with E-state index in [1.54, 1.807) is 0 Å². The van der Waals surface area contributed by atoms with Gasteiger partial charge in [0.2, 0.25) is 0 Å². The molecule has 0 heterocycles. The molecule has 0 fully saturated rings. The summed E-state index contributed by atoms with van der Waals surface area (Å²) in [6.45, 7) is 0.148. The summed E-state index contributed by atoms with van der Waals surface area (Å²) in [4.78, 5) is 11.8. The second kappa shape index (κ2) is 3.78. The van der Waals surface area contributed by atoms with Gasteiger partial charge in [0.25, 0.3) is 0 Å². The van der Waals surface area contributed by atoms with Crippen molar-refractivity contribution in [2.75, 3.05) is 12.4 Å². The number of ketones is 1. The monoisotopic (exact) mass is 158 g/mol. The molecule has 0 radical (unpaired) electrons. The fraction of sp³-hybridized carbons (Fsp3) is 0.571. The highest BCUT2D eigenvalue weighted by Gasteiger charge is 2.14. The third-order valence-electron chi connectivity index (χ3n) is 1.32. The third-order valence-corrected chi connectivity index (χ3v) is 2.42. The summed E-state index contributed by atoms with van der Waals surface area (Å²) in [5, 5.41) is 8.45. The minimum absolute atomic E-state index is 0.148. The average molecular weight is 158 g/mol. The maximum Gasteiger partial charge on any atom is 0.169 e. The van der Waals surface area contributed by atoms with Gasteiger partial charge in [-0.3, -0.25) is 4.79 Å². The lowest BCUT2D eigenvalue weighted by molar-refractivity contribution is -0.114. The van der Waals surface area contributed by atoms with Crippen LogP contribution in [0.3, 0.4) is 0 Å². The molecular formula is C7H10O2S. The molecule has 0 amide bonds. The number of carbonyl (C=O) groups is 1. The molecule has 1 aliphatic carbocycles. The van der Waals surface area contributed by atoms with E-state index < -0.39 is 0 Å². The summed E-state index contributed by atoms with van der Waals surface area (Å²) >= 11 is 1.45. The van der Waals surface area contributed by atoms with Crippen LogP contribution in [0.25, 0.3) is 0 Å². The predicted octanol–water partition coefficient (Wildman–Crippen LogP) is 0.959. The number of Topliss-reactive ketones (excluding diaryl/α,β-unsaturated/α-hetero) is 1. The number of hydrogen-bond acceptors (Lipinski definition) is 3. The Balaban J connectivity index is 2.33. The molecule has 1 N–H and O–H groups in total. The van der Waals surface area contributed by atoms with Gasteiger partial charge in [-0.2, -0.15) is 0 Å². The van der Waals surface area contributed by atoms with E-state index in [0.29, 0.717) is 12.2 Å². The van der Waals surface area contributed by atoms with Gasteiger partial charge in [0, 0.05) is 17.1 Å². The van der Waals surface area contributed by atoms with Crippen molar-refractivity contribution in [3.8, 4) is 0 Å². The van der Waals surface area contributed by atoms with Crippen molar-refractivity contribution < 1.29 is 9.90 Å². The fourth-order valence-corrected chi connectivity index (χ4v) is 1.68. The van der Waals surface area contributed by atoms with Gasteiger partial charge in [-0.15, -0.1) is 11.8 Å². The van der Waals surface area contributed by atoms with Crippen LogP contribution in [0.15, 0.2) is 11.0 Å². The zero-order valence-corrected chi connectivity index (χ0v) is 6.49. The first-order chi connectivity index (χ1) is 4.84. The third kappa shape index (κ3) is 1.85. The van der Waals surface area contributed by atoms with Crippen molar-refractivity contribution in [1.29, 1.82) is 0 Å². The van der Waals surface area contributed by atoms with E-state index in [0.717, 1.165) is 11.3 Å². The Bertz CT molecular complexity index is 163. The number of carbonyl (C=O) groups excluding carboxylic acids is 1. The van der Waals surface area contributed by atoms with Crippen molar-refractivity contribution in [2.24, 2.45) is 0 Å². The molecule has 0 spiro atoms. The lowest BCUT2D eigenvalue weighted by Gasteiger charge is -1.95. The summed E-state index contributed by atoms with van der Waals surface area (Å²) in [7, 11) is 0. The van der Waals surface area contributed by atoms with Crippen LogP contribution in [-0.2, 0) is 4.79 Å². The van der Waals surface area contributed by atoms with Crippen molar-refractivity contribution in [3.05, 3.63) is 11.0 Å². The summed E-state index contributed by atoms with van der Waals surface area (Å²) < 4.78 is 0. The summed E-state index contributed by atoms with van der Waals surface area (Å²) in [6, 6.07) is 0. The van der Waals surface area contributed by atoms with Crippen LogP contribution in [-0.4, -0.2) is 23.2 Å². The van der Waals surface area contributed by atoms with E-state index >= 15 is 0 Å². The Morgan fingerprint density at radius 1 is 1.70 bits per heavy atom. The van der Waals surface area contributed by atoms with Crippen LogP contribution >= 0.6 is 11.8 Å². The zero-order chi connectivity index (χ0) is 7.40. The van der Waals surface area contributed by atoms with E-state index in [2.05, 4.69) is 0 Å². The summed E-state index contributed by atoms with van der Waals surface area (Å²) in [5.41, 5.74) is 0. The minimum atomic E-state index is 0.148. The first-order valence-corrected chi connectivity index (χ1v) is 4.30. The Kier molecular flexibility index (Phi) is 2.96. The van der Waals surface area contributed by atoms with Gasteiger partial charge in [0.1, 0.15) is 0 Å². The molecule has 1 aliphatic rings. The predicted molar refractivity (Wildman–Crippen MR) is 41.9 cm³/mol. The maximum atomic E-state index is 10.9. The Morgan fingerprint density at radius 2 is 2.50 bits per heavy atom. The van der Waals surface area contributed by atoms with Crippen LogP contribution in [0.1, 0.15) is 12.8 Å². The molecule has 0 aromatic carbocycles. The maximum absolute atomic E-state index is 10.9. The highest BCUT2D eigenvalue weighted by Crippen LogP contribution is 2.24. The van der Waals surface area contributed by atoms with Gasteiger partial charge in [-0.05, 0) is 6.42 Å². The zero-order valence-electron chi connectivity index (χ0n) is 5.67. The Labute approximate surface area is 64.3 Å². The van der Waals surface area contributed by atoms with Crippen molar-refractivity contribution >= 4 is 17.5 Å². The normalized spacial score (nSPS) is 17.7. The molecule has 1 rings (SSSR count). The van der Waals surface area contributed by atoms with Crippen LogP contribution in [0.5, 0.6) is 0 Å². The standard InChI is InChI=1S/C7H10O2S/c8-4-5-10-7-3-1-2-6(7)9/h3,8H,1-2,4-5H2. The van der Waals surface area contributed by atoms with Gasteiger partial charge in [0.05, 0.1) is 6.61 Å². The number of thioether (sulfide) groups is 1. The van der Waals surface area contributed by atoms with E-state index in [-0.39, 0.29) is 12.4 Å². The van der Waals surface area contributed by atoms with E-state index in [9.17, 15) is 4.79 Å². The SMILES string of the molecule is O=C1CCC=C1SCCO. The fourth-order valence-electron chi connectivity index (χ4n) is 0.866. The molecule has 3 heteroatoms. The lowest BCUT2D eigenvalue weighted by Crippen LogP contribution is -1.94. The van der Waals surface area contributed by atoms with Crippen molar-refractivity contribution in [2.45, 2.75) is 12.8 Å². The topological polar surface area (TPSA) is 37.3 Å². The van der Waals surface area contributed by atoms with Gasteiger partial charge < -0.3 is 5.11 Å². The number of hydrogen-bond donors (Lipinski definition) is 1. The first kappa shape index (κ1) is 7.82. The molecule has 2 nitrogen and oxygen atoms in total. The van der Waals surface area contributed by atoms with Crippen molar-refractivity contribution in [1.82, 2.24) is 0 Å². The molecule has 0 atom stereocenters. The highest BCUT2D eigenvalue weighted by atomic mass is 32.2. The van der Waals surface area contributed by atoms with E-state index in [1.807, 2.05) is 6.08 Å². The largest absolute Gasteiger partial charge is 0.396 e. The molecule has 0 bridgehead atoms. The molecule has 0 aromatic rings. The highest BCUT2D eigenvalue weighted by molar-refractivity contribution is 8.04. The van der Waals surface area contributed by atoms with Crippen LogP contribution in [0, 0.1) is 0 Å². The molecule has 0 aromatic heterocycles. The molecule has 0 aliphatic heterocycles. The summed E-state index contributed by atoms with van der Waals surface area (Å²) in [6.07, 6.45) is 3.49. The van der Waals surface area contributed by atoms with Crippen molar-refractivity contribution in [3.63, 3.8) is 0 Å². The second-order valence-corrected chi connectivity index (χ2v) is 3.24. The smallest absolute Gasteiger partial charge is 0.169 e. The number of allylic oxidation sites excluding steroid dienone is 2. The summed E-state index contributed by atoms with van der Waals surface area (Å²) in [5.74, 6) is 0.871. The average Bonchev–Trinajstić information content (AvgIpc) is 2.31. The molecule has 0 saturated heterocycles. The number of aliphatic hydroxyl groups excluding tert-OH is 1. The molecule has 56 valence electrons. The lowest BCUT2D eigenvalue weighted by atomic mass is 10.3. The Morgan fingerprint density at radius 3 is 3.00 bits per heavy atom. The van der Waals surface area contributed by atoms with E-state index in [1.165, 1.54) is 11.8 Å². The van der Waals surface area contributed by atoms with Gasteiger partial charge in [0.15, 0.2) is 5.78 Å². The molecular weight excluding hydrogens is 148 g/mol. The number of aliphatic hydroxyl groups is 1. The Hall–Kier alpha value is -0.280. The molecule has 10 heavy (non-hydrogen) atoms. The van der Waals surface area contributed by atoms with Crippen LogP contribution in [0.4, 0.5) is 0 Å². The second-order valence-electron chi connectivity index (χ2n) is 2.10. The quantitative estimate of drug-likeness (QED) is 0.664. The van der Waals surface area contributed by atoms with Gasteiger partial charge in [-0.1, -0.05) is 6.08 Å².